The largest absolute Gasteiger partial charge is 0.481 e. The molecule has 0 radical (unpaired) electrons. The minimum Gasteiger partial charge on any atom is -0.481 e. The average Bonchev–Trinajstić information content (AvgIpc) is 3.04. The highest BCUT2D eigenvalue weighted by atomic mass is 35.5. The molecule has 0 saturated carbocycles. The third kappa shape index (κ3) is 3.00. The maximum absolute atomic E-state index is 13.8. The summed E-state index contributed by atoms with van der Waals surface area (Å²) in [5.41, 5.74) is 1.28. The van der Waals surface area contributed by atoms with Crippen molar-refractivity contribution in [2.75, 3.05) is 17.3 Å². The van der Waals surface area contributed by atoms with Crippen LogP contribution in [0.2, 0.25) is 5.02 Å². The Labute approximate surface area is 134 Å². The van der Waals surface area contributed by atoms with Gasteiger partial charge in [-0.05, 0) is 18.2 Å². The van der Waals surface area contributed by atoms with E-state index in [0.717, 1.165) is 29.7 Å². The van der Waals surface area contributed by atoms with Crippen molar-refractivity contribution in [1.82, 2.24) is 9.55 Å². The molecule has 112 valence electrons. The molecule has 0 bridgehead atoms. The number of imidazole rings is 1. The standard InChI is InChI=1S/C13H12ClFN2O2S2/c14-8-3-10-11(4-9(8)15)17(7-1-2-20-5-7)13(16-10)21-6-12(18)19/h3-4,7H,1-2,5-6H2,(H,18,19). The van der Waals surface area contributed by atoms with Crippen LogP contribution < -0.4 is 0 Å². The van der Waals surface area contributed by atoms with Crippen LogP contribution in [0.1, 0.15) is 12.5 Å². The van der Waals surface area contributed by atoms with Crippen LogP contribution in [0, 0.1) is 5.82 Å². The number of fused-ring (bicyclic) bond motifs is 1. The first kappa shape index (κ1) is 15.0. The second-order valence-electron chi connectivity index (χ2n) is 4.72. The van der Waals surface area contributed by atoms with E-state index in [9.17, 15) is 9.18 Å². The highest BCUT2D eigenvalue weighted by Crippen LogP contribution is 2.36. The van der Waals surface area contributed by atoms with E-state index in [2.05, 4.69) is 4.98 Å². The lowest BCUT2D eigenvalue weighted by molar-refractivity contribution is -0.133. The molecule has 1 aromatic heterocycles. The molecule has 1 aromatic carbocycles. The zero-order valence-corrected chi connectivity index (χ0v) is 13.3. The second kappa shape index (κ2) is 6.06. The molecule has 4 nitrogen and oxygen atoms in total. The van der Waals surface area contributed by atoms with Crippen LogP contribution in [0.5, 0.6) is 0 Å². The van der Waals surface area contributed by atoms with Gasteiger partial charge in [-0.15, -0.1) is 0 Å². The Kier molecular flexibility index (Phi) is 4.33. The van der Waals surface area contributed by atoms with Crippen LogP contribution in [0.3, 0.4) is 0 Å². The molecule has 0 amide bonds. The van der Waals surface area contributed by atoms with Crippen LogP contribution in [-0.2, 0) is 4.79 Å². The van der Waals surface area contributed by atoms with Crippen LogP contribution in [0.15, 0.2) is 17.3 Å². The molecule has 2 aromatic rings. The van der Waals surface area contributed by atoms with Gasteiger partial charge in [0.2, 0.25) is 0 Å². The van der Waals surface area contributed by atoms with Gasteiger partial charge in [-0.1, -0.05) is 23.4 Å². The molecule has 0 spiro atoms. The lowest BCUT2D eigenvalue weighted by Crippen LogP contribution is -2.10. The Morgan fingerprint density at radius 3 is 3.10 bits per heavy atom. The summed E-state index contributed by atoms with van der Waals surface area (Å²) in [6.07, 6.45) is 0.973. The van der Waals surface area contributed by atoms with Crippen molar-refractivity contribution >= 4 is 52.1 Å². The summed E-state index contributed by atoms with van der Waals surface area (Å²) >= 11 is 8.80. The number of rotatable bonds is 4. The van der Waals surface area contributed by atoms with Gasteiger partial charge in [0, 0.05) is 17.9 Å². The number of carbonyl (C=O) groups is 1. The maximum Gasteiger partial charge on any atom is 0.313 e. The number of carboxylic acid groups (broad SMARTS) is 1. The fraction of sp³-hybridized carbons (Fsp3) is 0.385. The fourth-order valence-electron chi connectivity index (χ4n) is 2.37. The number of benzene rings is 1. The van der Waals surface area contributed by atoms with Crippen molar-refractivity contribution in [2.24, 2.45) is 0 Å². The van der Waals surface area contributed by atoms with Gasteiger partial charge in [-0.3, -0.25) is 4.79 Å². The highest BCUT2D eigenvalue weighted by molar-refractivity contribution is 8.00. The van der Waals surface area contributed by atoms with E-state index in [1.165, 1.54) is 12.1 Å². The van der Waals surface area contributed by atoms with Crippen molar-refractivity contribution in [3.8, 4) is 0 Å². The third-order valence-electron chi connectivity index (χ3n) is 3.29. The molecule has 2 heterocycles. The minimum absolute atomic E-state index is 0.0303. The monoisotopic (exact) mass is 346 g/mol. The van der Waals surface area contributed by atoms with E-state index < -0.39 is 11.8 Å². The Morgan fingerprint density at radius 1 is 1.62 bits per heavy atom. The molecule has 8 heteroatoms. The number of nitrogens with zero attached hydrogens (tertiary/aromatic N) is 2. The van der Waals surface area contributed by atoms with Crippen LogP contribution in [-0.4, -0.2) is 37.9 Å². The number of hydrogen-bond donors (Lipinski definition) is 1. The van der Waals surface area contributed by atoms with Crippen molar-refractivity contribution < 1.29 is 14.3 Å². The predicted molar refractivity (Wildman–Crippen MR) is 84.0 cm³/mol. The molecule has 1 aliphatic heterocycles. The van der Waals surface area contributed by atoms with Gasteiger partial charge in [0.15, 0.2) is 5.16 Å². The van der Waals surface area contributed by atoms with Gasteiger partial charge in [-0.25, -0.2) is 9.37 Å². The maximum atomic E-state index is 13.8. The molecule has 1 fully saturated rings. The van der Waals surface area contributed by atoms with Crippen LogP contribution in [0.25, 0.3) is 11.0 Å². The number of thioether (sulfide) groups is 2. The average molecular weight is 347 g/mol. The first-order valence-electron chi connectivity index (χ1n) is 6.35. The van der Waals surface area contributed by atoms with E-state index in [4.69, 9.17) is 16.7 Å². The van der Waals surface area contributed by atoms with E-state index in [-0.39, 0.29) is 16.8 Å². The Balaban J connectivity index is 2.10. The first-order chi connectivity index (χ1) is 10.1. The van der Waals surface area contributed by atoms with E-state index in [0.29, 0.717) is 16.2 Å². The normalized spacial score (nSPS) is 18.5. The molecule has 21 heavy (non-hydrogen) atoms. The predicted octanol–water partition coefficient (Wildman–Crippen LogP) is 3.68. The number of carboxylic acids is 1. The second-order valence-corrected chi connectivity index (χ2v) is 7.22. The van der Waals surface area contributed by atoms with Crippen molar-refractivity contribution in [1.29, 1.82) is 0 Å². The van der Waals surface area contributed by atoms with Crippen molar-refractivity contribution in [3.63, 3.8) is 0 Å². The highest BCUT2D eigenvalue weighted by Gasteiger charge is 2.24. The SMILES string of the molecule is O=C(O)CSc1nc2cc(Cl)c(F)cc2n1C1CCSC1. The summed E-state index contributed by atoms with van der Waals surface area (Å²) in [6, 6.07) is 3.10. The van der Waals surface area contributed by atoms with Gasteiger partial charge in [-0.2, -0.15) is 11.8 Å². The first-order valence-corrected chi connectivity index (χ1v) is 8.87. The lowest BCUT2D eigenvalue weighted by Gasteiger charge is -2.15. The van der Waals surface area contributed by atoms with Gasteiger partial charge >= 0.3 is 5.97 Å². The Bertz CT molecular complexity index is 701. The molecular weight excluding hydrogens is 335 g/mol. The van der Waals surface area contributed by atoms with Gasteiger partial charge in [0.25, 0.3) is 0 Å². The Morgan fingerprint density at radius 2 is 2.43 bits per heavy atom. The van der Waals surface area contributed by atoms with Gasteiger partial charge in [0.1, 0.15) is 5.82 Å². The summed E-state index contributed by atoms with van der Waals surface area (Å²) in [4.78, 5) is 15.2. The zero-order chi connectivity index (χ0) is 15.0. The smallest absolute Gasteiger partial charge is 0.313 e. The third-order valence-corrected chi connectivity index (χ3v) is 5.67. The molecule has 1 atom stereocenters. The quantitative estimate of drug-likeness (QED) is 0.856. The topological polar surface area (TPSA) is 55.1 Å². The van der Waals surface area contributed by atoms with E-state index in [1.54, 1.807) is 0 Å². The summed E-state index contributed by atoms with van der Waals surface area (Å²) in [5, 5.41) is 9.49. The summed E-state index contributed by atoms with van der Waals surface area (Å²) in [6.45, 7) is 0. The molecule has 1 aliphatic rings. The summed E-state index contributed by atoms with van der Waals surface area (Å²) in [7, 11) is 0. The molecule has 3 rings (SSSR count). The summed E-state index contributed by atoms with van der Waals surface area (Å²) < 4.78 is 15.7. The van der Waals surface area contributed by atoms with Crippen molar-refractivity contribution in [3.05, 3.63) is 23.0 Å². The van der Waals surface area contributed by atoms with Gasteiger partial charge < -0.3 is 9.67 Å². The zero-order valence-electron chi connectivity index (χ0n) is 10.9. The molecule has 1 N–H and O–H groups in total. The summed E-state index contributed by atoms with van der Waals surface area (Å²) in [5.74, 6) is 0.522. The molecule has 0 aliphatic carbocycles. The van der Waals surface area contributed by atoms with Crippen LogP contribution in [0.4, 0.5) is 4.39 Å². The molecule has 1 unspecified atom stereocenters. The number of halogens is 2. The molecular formula is C13H12ClFN2O2S2. The van der Waals surface area contributed by atoms with Crippen LogP contribution >= 0.6 is 35.1 Å². The van der Waals surface area contributed by atoms with E-state index in [1.807, 2.05) is 16.3 Å². The minimum atomic E-state index is -0.899. The lowest BCUT2D eigenvalue weighted by atomic mass is 10.2. The van der Waals surface area contributed by atoms with Crippen molar-refractivity contribution in [2.45, 2.75) is 17.6 Å². The number of aromatic nitrogens is 2. The Hall–Kier alpha value is -0.920. The fourth-order valence-corrected chi connectivity index (χ4v) is 4.53. The number of aliphatic carboxylic acids is 1. The van der Waals surface area contributed by atoms with Gasteiger partial charge in [0.05, 0.1) is 21.8 Å². The number of hydrogen-bond acceptors (Lipinski definition) is 4. The van der Waals surface area contributed by atoms with E-state index >= 15 is 0 Å². The molecule has 1 saturated heterocycles.